The quantitative estimate of drug-likeness (QED) is 0.537. The van der Waals surface area contributed by atoms with Crippen LogP contribution >= 0.6 is 0 Å². The Morgan fingerprint density at radius 2 is 1.88 bits per heavy atom. The predicted octanol–water partition coefficient (Wildman–Crippen LogP) is 1.85. The van der Waals surface area contributed by atoms with Crippen LogP contribution in [0.4, 0.5) is 0 Å². The van der Waals surface area contributed by atoms with Gasteiger partial charge in [-0.25, -0.2) is 4.98 Å². The van der Waals surface area contributed by atoms with E-state index in [0.717, 1.165) is 44.8 Å². The number of rotatable bonds is 8. The number of para-hydroxylation sites is 1. The van der Waals surface area contributed by atoms with Crippen LogP contribution < -0.4 is 5.56 Å². The number of aromatic nitrogens is 3. The minimum Gasteiger partial charge on any atom is -0.379 e. The van der Waals surface area contributed by atoms with E-state index >= 15 is 0 Å². The molecule has 1 saturated heterocycles. The second-order valence-corrected chi connectivity index (χ2v) is 8.05. The zero-order valence-corrected chi connectivity index (χ0v) is 18.4. The molecule has 0 atom stereocenters. The Balaban J connectivity index is 1.50. The maximum atomic E-state index is 13.3. The lowest BCUT2D eigenvalue weighted by Gasteiger charge is -2.28. The Labute approximate surface area is 187 Å². The standard InChI is InChI=1S/C24H29N5O3/c1-19-26-22-6-3-2-5-21(22)24(31)29(19)18-23(30)28(17-20-7-9-25-10-8-20)12-4-11-27-13-15-32-16-14-27/h2-3,5-10H,4,11-18H2,1H3. The number of hydrogen-bond acceptors (Lipinski definition) is 6. The van der Waals surface area contributed by atoms with Crippen LogP contribution in [-0.4, -0.2) is 69.6 Å². The fraction of sp³-hybridized carbons (Fsp3) is 0.417. The second kappa shape index (κ2) is 10.5. The Bertz CT molecular complexity index is 1110. The van der Waals surface area contributed by atoms with Crippen molar-refractivity contribution in [2.75, 3.05) is 39.4 Å². The summed E-state index contributed by atoms with van der Waals surface area (Å²) in [6, 6.07) is 11.1. The molecule has 4 rings (SSSR count). The molecule has 8 heteroatoms. The maximum absolute atomic E-state index is 13.3. The van der Waals surface area contributed by atoms with Gasteiger partial charge in [-0.2, -0.15) is 0 Å². The summed E-state index contributed by atoms with van der Waals surface area (Å²) >= 11 is 0. The number of benzene rings is 1. The van der Waals surface area contributed by atoms with Crippen molar-refractivity contribution in [1.82, 2.24) is 24.3 Å². The maximum Gasteiger partial charge on any atom is 0.261 e. The van der Waals surface area contributed by atoms with E-state index in [4.69, 9.17) is 4.74 Å². The van der Waals surface area contributed by atoms with Crippen molar-refractivity contribution < 1.29 is 9.53 Å². The van der Waals surface area contributed by atoms with E-state index in [9.17, 15) is 9.59 Å². The highest BCUT2D eigenvalue weighted by Gasteiger charge is 2.18. The topological polar surface area (TPSA) is 80.6 Å². The summed E-state index contributed by atoms with van der Waals surface area (Å²) in [4.78, 5) is 39.1. The van der Waals surface area contributed by atoms with Crippen molar-refractivity contribution in [3.63, 3.8) is 0 Å². The van der Waals surface area contributed by atoms with Gasteiger partial charge in [0.1, 0.15) is 12.4 Å². The van der Waals surface area contributed by atoms with Crippen LogP contribution in [0, 0.1) is 6.92 Å². The van der Waals surface area contributed by atoms with Crippen LogP contribution in [0.25, 0.3) is 10.9 Å². The molecule has 0 saturated carbocycles. The first kappa shape index (κ1) is 22.1. The molecule has 1 aliphatic rings. The summed E-state index contributed by atoms with van der Waals surface area (Å²) in [6.07, 6.45) is 4.32. The van der Waals surface area contributed by atoms with E-state index < -0.39 is 0 Å². The molecule has 0 unspecified atom stereocenters. The SMILES string of the molecule is Cc1nc2ccccc2c(=O)n1CC(=O)N(CCCN1CCOCC1)Cc1ccncc1. The molecule has 1 aromatic carbocycles. The molecule has 0 radical (unpaired) electrons. The fourth-order valence-electron chi connectivity index (χ4n) is 4.01. The number of aryl methyl sites for hydroxylation is 1. The Morgan fingerprint density at radius 1 is 1.12 bits per heavy atom. The number of fused-ring (bicyclic) bond motifs is 1. The summed E-state index contributed by atoms with van der Waals surface area (Å²) in [7, 11) is 0. The normalized spacial score (nSPS) is 14.5. The highest BCUT2D eigenvalue weighted by Crippen LogP contribution is 2.10. The van der Waals surface area contributed by atoms with Crippen LogP contribution in [-0.2, 0) is 22.6 Å². The summed E-state index contributed by atoms with van der Waals surface area (Å²) in [5.41, 5.74) is 1.48. The van der Waals surface area contributed by atoms with Gasteiger partial charge < -0.3 is 9.64 Å². The lowest BCUT2D eigenvalue weighted by atomic mass is 10.2. The molecule has 0 aliphatic carbocycles. The lowest BCUT2D eigenvalue weighted by molar-refractivity contribution is -0.132. The van der Waals surface area contributed by atoms with Crippen LogP contribution in [0.5, 0.6) is 0 Å². The minimum absolute atomic E-state index is 0.0227. The number of amides is 1. The van der Waals surface area contributed by atoms with Gasteiger partial charge >= 0.3 is 0 Å². The van der Waals surface area contributed by atoms with E-state index in [-0.39, 0.29) is 18.0 Å². The van der Waals surface area contributed by atoms with Crippen molar-refractivity contribution in [3.05, 3.63) is 70.5 Å². The van der Waals surface area contributed by atoms with Gasteiger partial charge in [0.15, 0.2) is 0 Å². The van der Waals surface area contributed by atoms with E-state index in [1.807, 2.05) is 35.2 Å². The molecular weight excluding hydrogens is 406 g/mol. The highest BCUT2D eigenvalue weighted by atomic mass is 16.5. The Morgan fingerprint density at radius 3 is 2.66 bits per heavy atom. The van der Waals surface area contributed by atoms with Gasteiger partial charge in [0.25, 0.3) is 5.56 Å². The van der Waals surface area contributed by atoms with Crippen molar-refractivity contribution >= 4 is 16.8 Å². The first-order chi connectivity index (χ1) is 15.6. The van der Waals surface area contributed by atoms with Gasteiger partial charge in [0, 0.05) is 45.1 Å². The number of nitrogens with zero attached hydrogens (tertiary/aromatic N) is 5. The van der Waals surface area contributed by atoms with Gasteiger partial charge in [-0.1, -0.05) is 12.1 Å². The fourth-order valence-corrected chi connectivity index (χ4v) is 4.01. The molecule has 3 heterocycles. The molecule has 0 N–H and O–H groups in total. The average Bonchev–Trinajstić information content (AvgIpc) is 2.82. The third-order valence-electron chi connectivity index (χ3n) is 5.83. The number of ether oxygens (including phenoxy) is 1. The molecule has 0 bridgehead atoms. The zero-order valence-electron chi connectivity index (χ0n) is 18.4. The van der Waals surface area contributed by atoms with Gasteiger partial charge in [-0.15, -0.1) is 0 Å². The minimum atomic E-state index is -0.182. The van der Waals surface area contributed by atoms with Crippen LogP contribution in [0.2, 0.25) is 0 Å². The largest absolute Gasteiger partial charge is 0.379 e. The summed E-state index contributed by atoms with van der Waals surface area (Å²) in [5.74, 6) is 0.449. The van der Waals surface area contributed by atoms with Crippen molar-refractivity contribution in [1.29, 1.82) is 0 Å². The van der Waals surface area contributed by atoms with Crippen LogP contribution in [0.3, 0.4) is 0 Å². The molecule has 2 aromatic heterocycles. The summed E-state index contributed by atoms with van der Waals surface area (Å²) in [5, 5.41) is 0.527. The predicted molar refractivity (Wildman–Crippen MR) is 122 cm³/mol. The lowest BCUT2D eigenvalue weighted by Crippen LogP contribution is -2.40. The van der Waals surface area contributed by atoms with E-state index in [0.29, 0.717) is 29.8 Å². The van der Waals surface area contributed by atoms with Gasteiger partial charge in [0.2, 0.25) is 5.91 Å². The molecule has 168 valence electrons. The van der Waals surface area contributed by atoms with Crippen molar-refractivity contribution in [2.45, 2.75) is 26.4 Å². The molecule has 0 spiro atoms. The number of hydrogen-bond donors (Lipinski definition) is 0. The number of carbonyl (C=O) groups excluding carboxylic acids is 1. The van der Waals surface area contributed by atoms with Crippen molar-refractivity contribution in [3.8, 4) is 0 Å². The second-order valence-electron chi connectivity index (χ2n) is 8.05. The number of pyridine rings is 1. The van der Waals surface area contributed by atoms with Crippen molar-refractivity contribution in [2.24, 2.45) is 0 Å². The number of morpholine rings is 1. The molecule has 1 aliphatic heterocycles. The molecular formula is C24H29N5O3. The summed E-state index contributed by atoms with van der Waals surface area (Å²) in [6.45, 7) is 7.14. The van der Waals surface area contributed by atoms with Gasteiger partial charge in [0.05, 0.1) is 24.1 Å². The molecule has 3 aromatic rings. The molecule has 8 nitrogen and oxygen atoms in total. The molecule has 1 fully saturated rings. The van der Waals surface area contributed by atoms with E-state index in [2.05, 4.69) is 14.9 Å². The molecule has 32 heavy (non-hydrogen) atoms. The third kappa shape index (κ3) is 5.38. The Kier molecular flexibility index (Phi) is 7.24. The van der Waals surface area contributed by atoms with Crippen LogP contribution in [0.1, 0.15) is 17.8 Å². The monoisotopic (exact) mass is 435 g/mol. The first-order valence-electron chi connectivity index (χ1n) is 11.0. The van der Waals surface area contributed by atoms with Crippen LogP contribution in [0.15, 0.2) is 53.6 Å². The van der Waals surface area contributed by atoms with E-state index in [1.54, 1.807) is 25.4 Å². The zero-order chi connectivity index (χ0) is 22.3. The molecule has 1 amide bonds. The smallest absolute Gasteiger partial charge is 0.261 e. The number of carbonyl (C=O) groups is 1. The average molecular weight is 436 g/mol. The third-order valence-corrected chi connectivity index (χ3v) is 5.83. The highest BCUT2D eigenvalue weighted by molar-refractivity contribution is 5.79. The summed E-state index contributed by atoms with van der Waals surface area (Å²) < 4.78 is 6.89. The van der Waals surface area contributed by atoms with Gasteiger partial charge in [-0.3, -0.25) is 24.0 Å². The van der Waals surface area contributed by atoms with E-state index in [1.165, 1.54) is 4.57 Å². The Hall–Kier alpha value is -3.10. The van der Waals surface area contributed by atoms with Gasteiger partial charge in [-0.05, 0) is 43.2 Å². The first-order valence-corrected chi connectivity index (χ1v) is 11.0.